The average Bonchev–Trinajstić information content (AvgIpc) is 2.95. The van der Waals surface area contributed by atoms with Crippen molar-refractivity contribution < 1.29 is 14.3 Å². The molecule has 1 aromatic rings. The van der Waals surface area contributed by atoms with E-state index in [9.17, 15) is 9.59 Å². The van der Waals surface area contributed by atoms with Gasteiger partial charge in [-0.25, -0.2) is 9.78 Å². The Hall–Kier alpha value is -1.67. The van der Waals surface area contributed by atoms with Crippen LogP contribution in [0.3, 0.4) is 0 Å². The van der Waals surface area contributed by atoms with Crippen LogP contribution in [0.2, 0.25) is 0 Å². The predicted molar refractivity (Wildman–Crippen MR) is 107 cm³/mol. The Morgan fingerprint density at radius 1 is 1.22 bits per heavy atom. The number of aryl methyl sites for hydroxylation is 2. The van der Waals surface area contributed by atoms with E-state index in [1.54, 1.807) is 4.90 Å². The lowest BCUT2D eigenvalue weighted by Crippen LogP contribution is -2.51. The van der Waals surface area contributed by atoms with Crippen LogP contribution in [0.25, 0.3) is 0 Å². The van der Waals surface area contributed by atoms with Crippen LogP contribution >= 0.6 is 11.3 Å². The fourth-order valence-electron chi connectivity index (χ4n) is 2.87. The van der Waals surface area contributed by atoms with Gasteiger partial charge in [-0.05, 0) is 40.5 Å². The molecule has 7 nitrogen and oxygen atoms in total. The molecular weight excluding hydrogens is 364 g/mol. The second-order valence-corrected chi connectivity index (χ2v) is 8.92. The summed E-state index contributed by atoms with van der Waals surface area (Å²) >= 11 is 1.49. The SMILES string of the molecule is CCCc1nc(C)c(C(=O)NCCN2CCN(C(=O)OC(C)(C)C)CC2)s1. The molecule has 27 heavy (non-hydrogen) atoms. The molecule has 1 aromatic heterocycles. The lowest BCUT2D eigenvalue weighted by molar-refractivity contribution is 0.0147. The maximum atomic E-state index is 12.4. The predicted octanol–water partition coefficient (Wildman–Crippen LogP) is 2.69. The zero-order chi connectivity index (χ0) is 20.0. The topological polar surface area (TPSA) is 74.8 Å². The van der Waals surface area contributed by atoms with Gasteiger partial charge < -0.3 is 15.0 Å². The summed E-state index contributed by atoms with van der Waals surface area (Å²) in [7, 11) is 0. The Morgan fingerprint density at radius 3 is 2.48 bits per heavy atom. The van der Waals surface area contributed by atoms with Crippen molar-refractivity contribution in [1.29, 1.82) is 0 Å². The number of aromatic nitrogens is 1. The Bertz CT molecular complexity index is 646. The normalized spacial score (nSPS) is 15.7. The molecule has 1 saturated heterocycles. The highest BCUT2D eigenvalue weighted by atomic mass is 32.1. The van der Waals surface area contributed by atoms with Gasteiger partial charge in [-0.1, -0.05) is 6.92 Å². The molecule has 0 unspecified atom stereocenters. The molecular formula is C19H32N4O3S. The third-order valence-electron chi connectivity index (χ3n) is 4.25. The summed E-state index contributed by atoms with van der Waals surface area (Å²) < 4.78 is 5.41. The van der Waals surface area contributed by atoms with Crippen molar-refractivity contribution in [3.8, 4) is 0 Å². The fraction of sp³-hybridized carbons (Fsp3) is 0.737. The molecule has 2 heterocycles. The number of amides is 2. The number of carbonyl (C=O) groups excluding carboxylic acids is 2. The molecule has 152 valence electrons. The minimum absolute atomic E-state index is 0.0419. The molecule has 2 amide bonds. The number of rotatable bonds is 6. The lowest BCUT2D eigenvalue weighted by atomic mass is 10.2. The van der Waals surface area contributed by atoms with E-state index in [0.29, 0.717) is 24.5 Å². The van der Waals surface area contributed by atoms with Crippen molar-refractivity contribution in [3.63, 3.8) is 0 Å². The first kappa shape index (κ1) is 21.6. The van der Waals surface area contributed by atoms with E-state index in [1.165, 1.54) is 11.3 Å². The van der Waals surface area contributed by atoms with Gasteiger partial charge in [0, 0.05) is 39.3 Å². The monoisotopic (exact) mass is 396 g/mol. The first-order valence-electron chi connectivity index (χ1n) is 9.64. The largest absolute Gasteiger partial charge is 0.444 e. The quantitative estimate of drug-likeness (QED) is 0.800. The number of hydrogen-bond acceptors (Lipinski definition) is 6. The van der Waals surface area contributed by atoms with Crippen LogP contribution in [0.4, 0.5) is 4.79 Å². The summed E-state index contributed by atoms with van der Waals surface area (Å²) in [5.74, 6) is -0.0419. The minimum atomic E-state index is -0.468. The van der Waals surface area contributed by atoms with E-state index in [2.05, 4.69) is 22.1 Å². The van der Waals surface area contributed by atoms with Crippen molar-refractivity contribution in [2.24, 2.45) is 0 Å². The summed E-state index contributed by atoms with van der Waals surface area (Å²) in [6, 6.07) is 0. The summed E-state index contributed by atoms with van der Waals surface area (Å²) in [5, 5.41) is 4.02. The number of nitrogens with zero attached hydrogens (tertiary/aromatic N) is 3. The van der Waals surface area contributed by atoms with Crippen LogP contribution in [-0.2, 0) is 11.2 Å². The van der Waals surface area contributed by atoms with Crippen molar-refractivity contribution in [2.45, 2.75) is 53.1 Å². The molecule has 2 rings (SSSR count). The molecule has 0 aromatic carbocycles. The molecule has 1 aliphatic heterocycles. The Morgan fingerprint density at radius 2 is 1.89 bits per heavy atom. The van der Waals surface area contributed by atoms with Crippen LogP contribution in [-0.4, -0.2) is 71.7 Å². The van der Waals surface area contributed by atoms with E-state index >= 15 is 0 Å². The van der Waals surface area contributed by atoms with Gasteiger partial charge in [-0.3, -0.25) is 9.69 Å². The van der Waals surface area contributed by atoms with Crippen molar-refractivity contribution in [1.82, 2.24) is 20.1 Å². The summed E-state index contributed by atoms with van der Waals surface area (Å²) in [6.07, 6.45) is 1.70. The van der Waals surface area contributed by atoms with Gasteiger partial charge in [0.1, 0.15) is 10.5 Å². The van der Waals surface area contributed by atoms with Crippen LogP contribution in [0.1, 0.15) is 54.5 Å². The van der Waals surface area contributed by atoms with Crippen LogP contribution in [0, 0.1) is 6.92 Å². The van der Waals surface area contributed by atoms with E-state index in [0.717, 1.165) is 43.2 Å². The number of hydrogen-bond donors (Lipinski definition) is 1. The average molecular weight is 397 g/mol. The molecule has 0 bridgehead atoms. The molecule has 0 atom stereocenters. The standard InChI is InChI=1S/C19H32N4O3S/c1-6-7-15-21-14(2)16(27-15)17(24)20-8-9-22-10-12-23(13-11-22)18(25)26-19(3,4)5/h6-13H2,1-5H3,(H,20,24). The van der Waals surface area contributed by atoms with Gasteiger partial charge in [-0.15, -0.1) is 11.3 Å². The van der Waals surface area contributed by atoms with Gasteiger partial charge in [0.25, 0.3) is 5.91 Å². The fourth-order valence-corrected chi connectivity index (χ4v) is 3.95. The Labute approximate surface area is 166 Å². The first-order chi connectivity index (χ1) is 12.7. The number of carbonyl (C=O) groups is 2. The van der Waals surface area contributed by atoms with Crippen molar-refractivity contribution in [2.75, 3.05) is 39.3 Å². The number of nitrogens with one attached hydrogen (secondary N) is 1. The lowest BCUT2D eigenvalue weighted by Gasteiger charge is -2.35. The van der Waals surface area contributed by atoms with Crippen LogP contribution in [0.15, 0.2) is 0 Å². The smallest absolute Gasteiger partial charge is 0.410 e. The molecule has 0 spiro atoms. The van der Waals surface area contributed by atoms with Gasteiger partial charge >= 0.3 is 6.09 Å². The van der Waals surface area contributed by atoms with Gasteiger partial charge in [-0.2, -0.15) is 0 Å². The Balaban J connectivity index is 1.71. The Kier molecular flexibility index (Phi) is 7.61. The third kappa shape index (κ3) is 6.77. The molecule has 0 radical (unpaired) electrons. The highest BCUT2D eigenvalue weighted by Gasteiger charge is 2.25. The van der Waals surface area contributed by atoms with E-state index in [-0.39, 0.29) is 12.0 Å². The molecule has 1 fully saturated rings. The highest BCUT2D eigenvalue weighted by Crippen LogP contribution is 2.19. The maximum Gasteiger partial charge on any atom is 0.410 e. The van der Waals surface area contributed by atoms with Crippen LogP contribution < -0.4 is 5.32 Å². The van der Waals surface area contributed by atoms with E-state index in [4.69, 9.17) is 4.74 Å². The van der Waals surface area contributed by atoms with E-state index in [1.807, 2.05) is 27.7 Å². The minimum Gasteiger partial charge on any atom is -0.444 e. The summed E-state index contributed by atoms with van der Waals surface area (Å²) in [6.45, 7) is 13.9. The summed E-state index contributed by atoms with van der Waals surface area (Å²) in [5.41, 5.74) is 0.344. The van der Waals surface area contributed by atoms with Gasteiger partial charge in [0.15, 0.2) is 0 Å². The number of thiazole rings is 1. The second-order valence-electron chi connectivity index (χ2n) is 7.84. The highest BCUT2D eigenvalue weighted by molar-refractivity contribution is 7.13. The second kappa shape index (κ2) is 9.50. The zero-order valence-corrected chi connectivity index (χ0v) is 17.9. The molecule has 1 N–H and O–H groups in total. The van der Waals surface area contributed by atoms with Gasteiger partial charge in [0.05, 0.1) is 10.7 Å². The van der Waals surface area contributed by atoms with Crippen molar-refractivity contribution >= 4 is 23.3 Å². The summed E-state index contributed by atoms with van der Waals surface area (Å²) in [4.78, 5) is 33.6. The van der Waals surface area contributed by atoms with E-state index < -0.39 is 5.60 Å². The maximum absolute atomic E-state index is 12.4. The number of piperazine rings is 1. The molecule has 0 saturated carbocycles. The first-order valence-corrected chi connectivity index (χ1v) is 10.5. The number of ether oxygens (including phenoxy) is 1. The molecule has 1 aliphatic rings. The molecule has 0 aliphatic carbocycles. The van der Waals surface area contributed by atoms with Crippen molar-refractivity contribution in [3.05, 3.63) is 15.6 Å². The molecule has 8 heteroatoms. The van der Waals surface area contributed by atoms with Crippen LogP contribution in [0.5, 0.6) is 0 Å². The third-order valence-corrected chi connectivity index (χ3v) is 5.46. The van der Waals surface area contributed by atoms with Gasteiger partial charge in [0.2, 0.25) is 0 Å². The zero-order valence-electron chi connectivity index (χ0n) is 17.1.